The summed E-state index contributed by atoms with van der Waals surface area (Å²) in [7, 11) is 0. The molecule has 1 saturated heterocycles. The number of nitrogens with zero attached hydrogens (tertiary/aromatic N) is 1. The molecule has 0 aromatic heterocycles. The topological polar surface area (TPSA) is 110 Å². The van der Waals surface area contributed by atoms with Gasteiger partial charge in [-0.15, -0.1) is 0 Å². The maximum atomic E-state index is 12.4. The summed E-state index contributed by atoms with van der Waals surface area (Å²) in [5.74, 6) is 0.489. The number of ether oxygens (including phenoxy) is 3. The van der Waals surface area contributed by atoms with Crippen LogP contribution in [0.3, 0.4) is 0 Å². The molecule has 1 atom stereocenters. The molecule has 1 aliphatic heterocycles. The van der Waals surface area contributed by atoms with Crippen LogP contribution in [0.2, 0.25) is 0 Å². The molecule has 172 valence electrons. The summed E-state index contributed by atoms with van der Waals surface area (Å²) >= 11 is 0. The van der Waals surface area contributed by atoms with Gasteiger partial charge in [0.25, 0.3) is 11.8 Å². The van der Waals surface area contributed by atoms with E-state index >= 15 is 0 Å². The van der Waals surface area contributed by atoms with E-state index in [0.29, 0.717) is 35.9 Å². The van der Waals surface area contributed by atoms with Crippen molar-refractivity contribution in [3.63, 3.8) is 0 Å². The number of nitrogens with one attached hydrogen (secondary N) is 2. The largest absolute Gasteiger partial charge is 0.494 e. The maximum Gasteiger partial charge on any atom is 0.266 e. The van der Waals surface area contributed by atoms with E-state index in [1.807, 2.05) is 13.0 Å². The molecule has 2 N–H and O–H groups in total. The number of benzene rings is 2. The van der Waals surface area contributed by atoms with E-state index in [9.17, 15) is 14.9 Å². The van der Waals surface area contributed by atoms with Crippen LogP contribution >= 0.6 is 0 Å². The molecule has 8 nitrogen and oxygen atoms in total. The molecule has 3 rings (SSSR count). The van der Waals surface area contributed by atoms with E-state index in [1.54, 1.807) is 48.5 Å². The minimum atomic E-state index is -0.509. The number of carbonyl (C=O) groups is 2. The van der Waals surface area contributed by atoms with E-state index in [-0.39, 0.29) is 24.2 Å². The number of nitriles is 1. The number of amides is 2. The van der Waals surface area contributed by atoms with Crippen molar-refractivity contribution in [1.82, 2.24) is 5.32 Å². The van der Waals surface area contributed by atoms with Crippen LogP contribution in [-0.4, -0.2) is 44.3 Å². The average Bonchev–Trinajstić information content (AvgIpc) is 3.36. The first-order valence-corrected chi connectivity index (χ1v) is 10.8. The standard InChI is InChI=1S/C25H27N3O5/c1-2-31-21-11-7-20(8-12-21)28-25(30)19(15-26)14-18-5-9-22(10-6-18)33-17-24(29)27-16-23-4-3-13-32-23/h5-12,14,23H,2-4,13,16-17H2,1H3,(H,27,29)(H,28,30)/b19-14+/t23-/m1/s1. The van der Waals surface area contributed by atoms with Crippen molar-refractivity contribution in [2.45, 2.75) is 25.9 Å². The molecule has 1 fully saturated rings. The van der Waals surface area contributed by atoms with Crippen molar-refractivity contribution < 1.29 is 23.8 Å². The van der Waals surface area contributed by atoms with Gasteiger partial charge in [0.1, 0.15) is 23.1 Å². The smallest absolute Gasteiger partial charge is 0.266 e. The van der Waals surface area contributed by atoms with Crippen LogP contribution in [-0.2, 0) is 14.3 Å². The molecule has 0 spiro atoms. The second-order valence-corrected chi connectivity index (χ2v) is 7.38. The van der Waals surface area contributed by atoms with Gasteiger partial charge in [0.15, 0.2) is 6.61 Å². The first-order valence-electron chi connectivity index (χ1n) is 10.8. The highest BCUT2D eigenvalue weighted by atomic mass is 16.5. The van der Waals surface area contributed by atoms with Crippen LogP contribution in [0.1, 0.15) is 25.3 Å². The summed E-state index contributed by atoms with van der Waals surface area (Å²) in [5.41, 5.74) is 1.18. The third kappa shape index (κ3) is 7.66. The Morgan fingerprint density at radius 3 is 2.45 bits per heavy atom. The SMILES string of the molecule is CCOc1ccc(NC(=O)/C(C#N)=C/c2ccc(OCC(=O)NC[C@H]3CCCO3)cc2)cc1. The van der Waals surface area contributed by atoms with Crippen molar-refractivity contribution in [2.75, 3.05) is 31.7 Å². The molecular formula is C25H27N3O5. The number of hydrogen-bond acceptors (Lipinski definition) is 6. The van der Waals surface area contributed by atoms with Gasteiger partial charge < -0.3 is 24.8 Å². The molecular weight excluding hydrogens is 422 g/mol. The lowest BCUT2D eigenvalue weighted by atomic mass is 10.1. The van der Waals surface area contributed by atoms with Crippen LogP contribution in [0.4, 0.5) is 5.69 Å². The van der Waals surface area contributed by atoms with E-state index < -0.39 is 5.91 Å². The number of carbonyl (C=O) groups excluding carboxylic acids is 2. The minimum absolute atomic E-state index is 0.0361. The number of rotatable bonds is 10. The second-order valence-electron chi connectivity index (χ2n) is 7.38. The van der Waals surface area contributed by atoms with E-state index in [1.165, 1.54) is 6.08 Å². The van der Waals surface area contributed by atoms with Gasteiger partial charge >= 0.3 is 0 Å². The van der Waals surface area contributed by atoms with Crippen LogP contribution in [0, 0.1) is 11.3 Å². The predicted molar refractivity (Wildman–Crippen MR) is 124 cm³/mol. The fraction of sp³-hybridized carbons (Fsp3) is 0.320. The molecule has 2 aromatic carbocycles. The Balaban J connectivity index is 1.50. The van der Waals surface area contributed by atoms with Crippen molar-refractivity contribution in [3.8, 4) is 17.6 Å². The number of anilines is 1. The Bertz CT molecular complexity index is 1000. The van der Waals surface area contributed by atoms with Gasteiger partial charge in [-0.3, -0.25) is 9.59 Å². The van der Waals surface area contributed by atoms with Gasteiger partial charge in [-0.1, -0.05) is 12.1 Å². The van der Waals surface area contributed by atoms with Gasteiger partial charge in [-0.2, -0.15) is 5.26 Å². The summed E-state index contributed by atoms with van der Waals surface area (Å²) in [6.07, 6.45) is 3.55. The van der Waals surface area contributed by atoms with Crippen molar-refractivity contribution >= 4 is 23.6 Å². The zero-order valence-electron chi connectivity index (χ0n) is 18.5. The normalized spacial score (nSPS) is 15.4. The molecule has 8 heteroatoms. The van der Waals surface area contributed by atoms with Crippen LogP contribution in [0.5, 0.6) is 11.5 Å². The summed E-state index contributed by atoms with van der Waals surface area (Å²) in [6.45, 7) is 3.58. The van der Waals surface area contributed by atoms with Gasteiger partial charge in [-0.05, 0) is 67.8 Å². The summed E-state index contributed by atoms with van der Waals surface area (Å²) < 4.78 is 16.3. The van der Waals surface area contributed by atoms with E-state index in [4.69, 9.17) is 14.2 Å². The van der Waals surface area contributed by atoms with Crippen LogP contribution < -0.4 is 20.1 Å². The van der Waals surface area contributed by atoms with Gasteiger partial charge in [0, 0.05) is 18.8 Å². The monoisotopic (exact) mass is 449 g/mol. The predicted octanol–water partition coefficient (Wildman–Crippen LogP) is 3.30. The molecule has 0 aliphatic carbocycles. The first-order chi connectivity index (χ1) is 16.1. The first kappa shape index (κ1) is 23.8. The molecule has 0 radical (unpaired) electrons. The third-order valence-corrected chi connectivity index (χ3v) is 4.90. The highest BCUT2D eigenvalue weighted by molar-refractivity contribution is 6.09. The molecule has 2 aromatic rings. The van der Waals surface area contributed by atoms with Crippen LogP contribution in [0.25, 0.3) is 6.08 Å². The zero-order valence-corrected chi connectivity index (χ0v) is 18.5. The van der Waals surface area contributed by atoms with Crippen molar-refractivity contribution in [2.24, 2.45) is 0 Å². The zero-order chi connectivity index (χ0) is 23.5. The third-order valence-electron chi connectivity index (χ3n) is 4.90. The van der Waals surface area contributed by atoms with Gasteiger partial charge in [-0.25, -0.2) is 0 Å². The molecule has 0 saturated carbocycles. The van der Waals surface area contributed by atoms with E-state index in [0.717, 1.165) is 19.4 Å². The molecule has 1 heterocycles. The molecule has 0 unspecified atom stereocenters. The maximum absolute atomic E-state index is 12.4. The summed E-state index contributed by atoms with van der Waals surface area (Å²) in [6, 6.07) is 15.6. The van der Waals surface area contributed by atoms with Crippen molar-refractivity contribution in [3.05, 3.63) is 59.7 Å². The average molecular weight is 450 g/mol. The summed E-state index contributed by atoms with van der Waals surface area (Å²) in [4.78, 5) is 24.4. The Morgan fingerprint density at radius 1 is 1.12 bits per heavy atom. The Hall–Kier alpha value is -3.83. The molecule has 2 amide bonds. The summed E-state index contributed by atoms with van der Waals surface area (Å²) in [5, 5.41) is 14.9. The lowest BCUT2D eigenvalue weighted by Crippen LogP contribution is -2.35. The Morgan fingerprint density at radius 2 is 1.82 bits per heavy atom. The molecule has 0 bridgehead atoms. The second kappa shape index (κ2) is 12.3. The fourth-order valence-corrected chi connectivity index (χ4v) is 3.21. The van der Waals surface area contributed by atoms with Crippen LogP contribution in [0.15, 0.2) is 54.1 Å². The van der Waals surface area contributed by atoms with Gasteiger partial charge in [0.2, 0.25) is 0 Å². The number of hydrogen-bond donors (Lipinski definition) is 2. The quantitative estimate of drug-likeness (QED) is 0.425. The van der Waals surface area contributed by atoms with Crippen molar-refractivity contribution in [1.29, 1.82) is 5.26 Å². The molecule has 33 heavy (non-hydrogen) atoms. The fourth-order valence-electron chi connectivity index (χ4n) is 3.21. The van der Waals surface area contributed by atoms with E-state index in [2.05, 4.69) is 10.6 Å². The lowest BCUT2D eigenvalue weighted by Gasteiger charge is -2.11. The Labute approximate surface area is 193 Å². The molecule has 1 aliphatic rings. The minimum Gasteiger partial charge on any atom is -0.494 e. The lowest BCUT2D eigenvalue weighted by molar-refractivity contribution is -0.123. The highest BCUT2D eigenvalue weighted by Crippen LogP contribution is 2.18. The van der Waals surface area contributed by atoms with Gasteiger partial charge in [0.05, 0.1) is 12.7 Å². The highest BCUT2D eigenvalue weighted by Gasteiger charge is 2.16. The Kier molecular flexibility index (Phi) is 8.86.